The molecule has 11 heavy (non-hydrogen) atoms. The van der Waals surface area contributed by atoms with Gasteiger partial charge in [-0.05, 0) is 30.7 Å². The van der Waals surface area contributed by atoms with Gasteiger partial charge in [-0.3, -0.25) is 0 Å². The van der Waals surface area contributed by atoms with Crippen molar-refractivity contribution in [3.63, 3.8) is 0 Å². The molecule has 0 amide bonds. The van der Waals surface area contributed by atoms with Crippen LogP contribution in [0.15, 0.2) is 0 Å². The lowest BCUT2D eigenvalue weighted by Gasteiger charge is -2.28. The van der Waals surface area contributed by atoms with E-state index in [1.54, 1.807) is 0 Å². The van der Waals surface area contributed by atoms with Gasteiger partial charge in [0.1, 0.15) is 0 Å². The van der Waals surface area contributed by atoms with E-state index in [0.29, 0.717) is 0 Å². The Morgan fingerprint density at radius 2 is 2.09 bits per heavy atom. The van der Waals surface area contributed by atoms with Gasteiger partial charge in [-0.1, -0.05) is 35.4 Å². The monoisotopic (exact) mass is 265 g/mol. The SMILES string of the molecule is ICC1CNCC12CCCC2. The standard InChI is InChI=1S/C9H16IN/c10-5-8-6-11-7-9(8)3-1-2-4-9/h8,11H,1-7H2. The zero-order chi connectivity index (χ0) is 7.73. The molecular weight excluding hydrogens is 249 g/mol. The molecule has 2 fully saturated rings. The number of halogens is 1. The van der Waals surface area contributed by atoms with Crippen molar-refractivity contribution in [3.05, 3.63) is 0 Å². The van der Waals surface area contributed by atoms with Gasteiger partial charge in [0.25, 0.3) is 0 Å². The second-order valence-corrected chi connectivity index (χ2v) is 4.93. The minimum Gasteiger partial charge on any atom is -0.316 e. The molecule has 1 N–H and O–H groups in total. The molecule has 1 atom stereocenters. The quantitative estimate of drug-likeness (QED) is 0.566. The van der Waals surface area contributed by atoms with E-state index in [4.69, 9.17) is 0 Å². The molecule has 0 bridgehead atoms. The van der Waals surface area contributed by atoms with Crippen LogP contribution in [0.2, 0.25) is 0 Å². The van der Waals surface area contributed by atoms with Crippen LogP contribution in [0, 0.1) is 11.3 Å². The predicted molar refractivity (Wildman–Crippen MR) is 56.1 cm³/mol. The Labute approximate surface area is 82.5 Å². The predicted octanol–water partition coefficient (Wildman–Crippen LogP) is 2.20. The van der Waals surface area contributed by atoms with Gasteiger partial charge in [-0.2, -0.15) is 0 Å². The molecule has 1 nitrogen and oxygen atoms in total. The Morgan fingerprint density at radius 1 is 1.36 bits per heavy atom. The highest BCUT2D eigenvalue weighted by Gasteiger charge is 2.43. The fraction of sp³-hybridized carbons (Fsp3) is 1.00. The van der Waals surface area contributed by atoms with Crippen molar-refractivity contribution in [3.8, 4) is 0 Å². The van der Waals surface area contributed by atoms with Gasteiger partial charge in [-0.15, -0.1) is 0 Å². The lowest BCUT2D eigenvalue weighted by Crippen LogP contribution is -2.27. The summed E-state index contributed by atoms with van der Waals surface area (Å²) in [5.41, 5.74) is 0.737. The molecule has 1 aliphatic heterocycles. The summed E-state index contributed by atoms with van der Waals surface area (Å²) >= 11 is 2.55. The van der Waals surface area contributed by atoms with Gasteiger partial charge in [0.05, 0.1) is 0 Å². The van der Waals surface area contributed by atoms with Gasteiger partial charge < -0.3 is 5.32 Å². The minimum atomic E-state index is 0.737. The number of hydrogen-bond donors (Lipinski definition) is 1. The van der Waals surface area contributed by atoms with E-state index in [0.717, 1.165) is 11.3 Å². The summed E-state index contributed by atoms with van der Waals surface area (Å²) < 4.78 is 1.35. The maximum atomic E-state index is 3.55. The molecule has 1 heterocycles. The van der Waals surface area contributed by atoms with Gasteiger partial charge in [0.15, 0.2) is 0 Å². The van der Waals surface area contributed by atoms with Crippen LogP contribution >= 0.6 is 22.6 Å². The van der Waals surface area contributed by atoms with Crippen molar-refractivity contribution in [2.24, 2.45) is 11.3 Å². The van der Waals surface area contributed by atoms with Gasteiger partial charge in [0, 0.05) is 11.0 Å². The summed E-state index contributed by atoms with van der Waals surface area (Å²) in [5, 5.41) is 3.55. The highest BCUT2D eigenvalue weighted by atomic mass is 127. The van der Waals surface area contributed by atoms with Crippen LogP contribution in [0.5, 0.6) is 0 Å². The zero-order valence-corrected chi connectivity index (χ0v) is 9.06. The molecule has 0 aromatic rings. The van der Waals surface area contributed by atoms with E-state index < -0.39 is 0 Å². The van der Waals surface area contributed by atoms with E-state index in [1.807, 2.05) is 0 Å². The third-order valence-corrected chi connectivity index (χ3v) is 4.58. The molecule has 1 saturated carbocycles. The zero-order valence-electron chi connectivity index (χ0n) is 6.91. The number of nitrogens with one attached hydrogen (secondary N) is 1. The summed E-state index contributed by atoms with van der Waals surface area (Å²) in [6.07, 6.45) is 5.95. The highest BCUT2D eigenvalue weighted by molar-refractivity contribution is 14.1. The van der Waals surface area contributed by atoms with Crippen LogP contribution in [0.25, 0.3) is 0 Å². The molecule has 1 aliphatic carbocycles. The summed E-state index contributed by atoms with van der Waals surface area (Å²) in [6, 6.07) is 0. The Kier molecular flexibility index (Phi) is 2.42. The molecule has 1 saturated heterocycles. The second-order valence-electron chi connectivity index (χ2n) is 4.05. The van der Waals surface area contributed by atoms with Gasteiger partial charge >= 0.3 is 0 Å². The van der Waals surface area contributed by atoms with Gasteiger partial charge in [0.2, 0.25) is 0 Å². The van der Waals surface area contributed by atoms with E-state index in [9.17, 15) is 0 Å². The molecule has 1 spiro atoms. The fourth-order valence-corrected chi connectivity index (χ4v) is 3.98. The third-order valence-electron chi connectivity index (χ3n) is 3.52. The van der Waals surface area contributed by atoms with Gasteiger partial charge in [-0.25, -0.2) is 0 Å². The Hall–Kier alpha value is 0.690. The summed E-state index contributed by atoms with van der Waals surface area (Å²) in [7, 11) is 0. The first kappa shape index (κ1) is 8.30. The molecule has 2 aliphatic rings. The van der Waals surface area contributed by atoms with E-state index in [2.05, 4.69) is 27.9 Å². The topological polar surface area (TPSA) is 12.0 Å². The van der Waals surface area contributed by atoms with Crippen LogP contribution in [-0.2, 0) is 0 Å². The molecule has 1 unspecified atom stereocenters. The third kappa shape index (κ3) is 1.32. The summed E-state index contributed by atoms with van der Waals surface area (Å²) in [6.45, 7) is 2.59. The molecular formula is C9H16IN. The lowest BCUT2D eigenvalue weighted by molar-refractivity contribution is 0.257. The van der Waals surface area contributed by atoms with E-state index in [1.165, 1.54) is 43.2 Å². The second kappa shape index (κ2) is 3.21. The van der Waals surface area contributed by atoms with E-state index in [-0.39, 0.29) is 0 Å². The van der Waals surface area contributed by atoms with Crippen molar-refractivity contribution in [1.29, 1.82) is 0 Å². The smallest absolute Gasteiger partial charge is 0.00416 e. The average molecular weight is 265 g/mol. The first-order chi connectivity index (χ1) is 5.37. The minimum absolute atomic E-state index is 0.737. The Balaban J connectivity index is 2.09. The van der Waals surface area contributed by atoms with E-state index >= 15 is 0 Å². The van der Waals surface area contributed by atoms with Crippen LogP contribution in [0.4, 0.5) is 0 Å². The number of hydrogen-bond acceptors (Lipinski definition) is 1. The maximum absolute atomic E-state index is 3.55. The highest BCUT2D eigenvalue weighted by Crippen LogP contribution is 2.46. The summed E-state index contributed by atoms with van der Waals surface area (Å²) in [4.78, 5) is 0. The van der Waals surface area contributed by atoms with Crippen LogP contribution in [-0.4, -0.2) is 17.5 Å². The van der Waals surface area contributed by atoms with Crippen molar-refractivity contribution < 1.29 is 0 Å². The number of rotatable bonds is 1. The Bertz CT molecular complexity index is 135. The van der Waals surface area contributed by atoms with Crippen molar-refractivity contribution in [2.45, 2.75) is 25.7 Å². The average Bonchev–Trinajstić information content (AvgIpc) is 2.62. The van der Waals surface area contributed by atoms with Crippen LogP contribution < -0.4 is 5.32 Å². The summed E-state index contributed by atoms with van der Waals surface area (Å²) in [5.74, 6) is 0.977. The van der Waals surface area contributed by atoms with Crippen molar-refractivity contribution in [2.75, 3.05) is 17.5 Å². The first-order valence-corrected chi connectivity index (χ1v) is 6.17. The molecule has 0 aromatic carbocycles. The molecule has 0 radical (unpaired) electrons. The van der Waals surface area contributed by atoms with Crippen molar-refractivity contribution in [1.82, 2.24) is 5.32 Å². The molecule has 2 heteroatoms. The molecule has 64 valence electrons. The lowest BCUT2D eigenvalue weighted by atomic mass is 9.78. The van der Waals surface area contributed by atoms with Crippen LogP contribution in [0.1, 0.15) is 25.7 Å². The number of alkyl halides is 1. The Morgan fingerprint density at radius 3 is 2.73 bits per heavy atom. The maximum Gasteiger partial charge on any atom is 0.00416 e. The molecule has 2 rings (SSSR count). The first-order valence-electron chi connectivity index (χ1n) is 4.64. The van der Waals surface area contributed by atoms with Crippen molar-refractivity contribution >= 4 is 22.6 Å². The normalized spacial score (nSPS) is 35.2. The fourth-order valence-electron chi connectivity index (χ4n) is 2.74. The van der Waals surface area contributed by atoms with Crippen LogP contribution in [0.3, 0.4) is 0 Å². The largest absolute Gasteiger partial charge is 0.316 e. The molecule has 0 aromatic heterocycles.